The first-order chi connectivity index (χ1) is 6.67. The van der Waals surface area contributed by atoms with Gasteiger partial charge >= 0.3 is 0 Å². The van der Waals surface area contributed by atoms with Crippen LogP contribution in [0.25, 0.3) is 0 Å². The van der Waals surface area contributed by atoms with Gasteiger partial charge in [0.1, 0.15) is 0 Å². The highest BCUT2D eigenvalue weighted by atomic mass is 16.5. The van der Waals surface area contributed by atoms with Crippen molar-refractivity contribution in [2.24, 2.45) is 5.73 Å². The largest absolute Gasteiger partial charge is 0.394 e. The van der Waals surface area contributed by atoms with Crippen LogP contribution in [0.2, 0.25) is 0 Å². The zero-order chi connectivity index (χ0) is 10.6. The lowest BCUT2D eigenvalue weighted by Crippen LogP contribution is -2.51. The van der Waals surface area contributed by atoms with Crippen LogP contribution < -0.4 is 5.73 Å². The summed E-state index contributed by atoms with van der Waals surface area (Å²) in [5, 5.41) is 9.06. The highest BCUT2D eigenvalue weighted by Gasteiger charge is 2.27. The van der Waals surface area contributed by atoms with Gasteiger partial charge in [-0.15, -0.1) is 0 Å². The monoisotopic (exact) mass is 202 g/mol. The number of rotatable bonds is 4. The predicted octanol–water partition coefficient (Wildman–Crippen LogP) is -0.195. The molecule has 0 aromatic rings. The van der Waals surface area contributed by atoms with E-state index in [0.717, 1.165) is 26.1 Å². The molecule has 1 aliphatic heterocycles. The molecule has 1 aliphatic rings. The highest BCUT2D eigenvalue weighted by molar-refractivity contribution is 4.79. The normalized spacial score (nSPS) is 31.7. The van der Waals surface area contributed by atoms with Crippen molar-refractivity contribution in [1.82, 2.24) is 4.90 Å². The summed E-state index contributed by atoms with van der Waals surface area (Å²) in [5.74, 6) is 0. The minimum absolute atomic E-state index is 0.0287. The van der Waals surface area contributed by atoms with Crippen LogP contribution in [-0.2, 0) is 4.74 Å². The van der Waals surface area contributed by atoms with Gasteiger partial charge in [0.15, 0.2) is 0 Å². The number of hydrogen-bond donors (Lipinski definition) is 2. The van der Waals surface area contributed by atoms with Crippen LogP contribution in [0.5, 0.6) is 0 Å². The van der Waals surface area contributed by atoms with Crippen molar-refractivity contribution < 1.29 is 9.84 Å². The van der Waals surface area contributed by atoms with Crippen molar-refractivity contribution in [1.29, 1.82) is 0 Å². The molecule has 0 spiro atoms. The van der Waals surface area contributed by atoms with Crippen LogP contribution in [-0.4, -0.2) is 54.5 Å². The van der Waals surface area contributed by atoms with E-state index in [4.69, 9.17) is 15.6 Å². The van der Waals surface area contributed by atoms with Gasteiger partial charge in [-0.1, -0.05) is 0 Å². The van der Waals surface area contributed by atoms with Crippen molar-refractivity contribution in [2.45, 2.75) is 38.5 Å². The van der Waals surface area contributed by atoms with Crippen LogP contribution in [0.4, 0.5) is 0 Å². The molecular formula is C10H22N2O2. The van der Waals surface area contributed by atoms with Gasteiger partial charge in [0, 0.05) is 19.1 Å². The van der Waals surface area contributed by atoms with Crippen molar-refractivity contribution in [3.63, 3.8) is 0 Å². The average molecular weight is 202 g/mol. The molecule has 14 heavy (non-hydrogen) atoms. The van der Waals surface area contributed by atoms with Gasteiger partial charge in [-0.3, -0.25) is 4.90 Å². The summed E-state index contributed by atoms with van der Waals surface area (Å²) < 4.78 is 5.57. The van der Waals surface area contributed by atoms with Crippen LogP contribution in [0, 0.1) is 0 Å². The smallest absolute Gasteiger partial charge is 0.0936 e. The molecule has 1 heterocycles. The van der Waals surface area contributed by atoms with Gasteiger partial charge in [0.25, 0.3) is 0 Å². The molecule has 0 aromatic heterocycles. The summed E-state index contributed by atoms with van der Waals surface area (Å²) in [6.45, 7) is 6.82. The number of aliphatic hydroxyl groups excluding tert-OH is 1. The first-order valence-corrected chi connectivity index (χ1v) is 5.37. The molecular weight excluding hydrogens is 180 g/mol. The molecule has 3 atom stereocenters. The fraction of sp³-hybridized carbons (Fsp3) is 1.00. The Labute approximate surface area is 86.0 Å². The molecule has 1 fully saturated rings. The number of nitrogens with two attached hydrogens (primary N) is 1. The summed E-state index contributed by atoms with van der Waals surface area (Å²) >= 11 is 0. The van der Waals surface area contributed by atoms with Crippen LogP contribution in [0.3, 0.4) is 0 Å². The molecule has 84 valence electrons. The fourth-order valence-corrected chi connectivity index (χ4v) is 1.97. The molecule has 3 N–H and O–H groups in total. The Morgan fingerprint density at radius 3 is 2.86 bits per heavy atom. The third-order valence-corrected chi connectivity index (χ3v) is 2.77. The van der Waals surface area contributed by atoms with E-state index in [9.17, 15) is 0 Å². The third kappa shape index (κ3) is 3.20. The molecule has 0 amide bonds. The Bertz CT molecular complexity index is 166. The second-order valence-corrected chi connectivity index (χ2v) is 4.13. The number of nitrogens with zero attached hydrogens (tertiary/aromatic N) is 1. The van der Waals surface area contributed by atoms with E-state index in [1.165, 1.54) is 0 Å². The quantitative estimate of drug-likeness (QED) is 0.663. The third-order valence-electron chi connectivity index (χ3n) is 2.77. The number of ether oxygens (including phenoxy) is 1. The van der Waals surface area contributed by atoms with E-state index >= 15 is 0 Å². The fourth-order valence-electron chi connectivity index (χ4n) is 1.97. The lowest BCUT2D eigenvalue weighted by molar-refractivity contribution is -0.104. The van der Waals surface area contributed by atoms with E-state index in [2.05, 4.69) is 11.8 Å². The lowest BCUT2D eigenvalue weighted by Gasteiger charge is -2.39. The minimum atomic E-state index is -0.0287. The van der Waals surface area contributed by atoms with Gasteiger partial charge < -0.3 is 15.6 Å². The SMILES string of the molecule is CC1CN(C(C)CCN)CC(CO)O1. The summed E-state index contributed by atoms with van der Waals surface area (Å²) in [5.41, 5.74) is 5.53. The van der Waals surface area contributed by atoms with Gasteiger partial charge in [-0.05, 0) is 26.8 Å². The zero-order valence-electron chi connectivity index (χ0n) is 9.15. The second-order valence-electron chi connectivity index (χ2n) is 4.13. The zero-order valence-corrected chi connectivity index (χ0v) is 9.15. The van der Waals surface area contributed by atoms with E-state index in [0.29, 0.717) is 6.04 Å². The molecule has 0 aromatic carbocycles. The van der Waals surface area contributed by atoms with Gasteiger partial charge in [-0.2, -0.15) is 0 Å². The molecule has 4 nitrogen and oxygen atoms in total. The molecule has 0 radical (unpaired) electrons. The van der Waals surface area contributed by atoms with Crippen molar-refractivity contribution in [3.05, 3.63) is 0 Å². The Balaban J connectivity index is 2.43. The molecule has 3 unspecified atom stereocenters. The average Bonchev–Trinajstić information content (AvgIpc) is 2.17. The standard InChI is InChI=1S/C10H22N2O2/c1-8(3-4-11)12-5-9(2)14-10(6-12)7-13/h8-10,13H,3-7,11H2,1-2H3. The van der Waals surface area contributed by atoms with Crippen LogP contribution >= 0.6 is 0 Å². The van der Waals surface area contributed by atoms with E-state index < -0.39 is 0 Å². The molecule has 4 heteroatoms. The summed E-state index contributed by atoms with van der Waals surface area (Å²) in [6, 6.07) is 0.486. The second kappa shape index (κ2) is 5.66. The van der Waals surface area contributed by atoms with Crippen molar-refractivity contribution in [3.8, 4) is 0 Å². The number of aliphatic hydroxyl groups is 1. The summed E-state index contributed by atoms with van der Waals surface area (Å²) in [4.78, 5) is 2.35. The Morgan fingerprint density at radius 1 is 1.57 bits per heavy atom. The molecule has 1 rings (SSSR count). The topological polar surface area (TPSA) is 58.7 Å². The Morgan fingerprint density at radius 2 is 2.29 bits per heavy atom. The summed E-state index contributed by atoms with van der Waals surface area (Å²) in [7, 11) is 0. The summed E-state index contributed by atoms with van der Waals surface area (Å²) in [6.07, 6.45) is 1.19. The minimum Gasteiger partial charge on any atom is -0.394 e. The van der Waals surface area contributed by atoms with Crippen molar-refractivity contribution in [2.75, 3.05) is 26.2 Å². The molecule has 0 bridgehead atoms. The molecule has 1 saturated heterocycles. The van der Waals surface area contributed by atoms with Crippen LogP contribution in [0.15, 0.2) is 0 Å². The Kier molecular flexibility index (Phi) is 4.81. The van der Waals surface area contributed by atoms with E-state index in [-0.39, 0.29) is 18.8 Å². The van der Waals surface area contributed by atoms with Crippen LogP contribution in [0.1, 0.15) is 20.3 Å². The van der Waals surface area contributed by atoms with E-state index in [1.807, 2.05) is 6.92 Å². The first-order valence-electron chi connectivity index (χ1n) is 5.37. The van der Waals surface area contributed by atoms with Gasteiger partial charge in [0.05, 0.1) is 18.8 Å². The lowest BCUT2D eigenvalue weighted by atomic mass is 10.1. The molecule has 0 aliphatic carbocycles. The predicted molar refractivity (Wildman–Crippen MR) is 56.1 cm³/mol. The molecule has 0 saturated carbocycles. The van der Waals surface area contributed by atoms with E-state index in [1.54, 1.807) is 0 Å². The maximum Gasteiger partial charge on any atom is 0.0936 e. The number of morpholine rings is 1. The highest BCUT2D eigenvalue weighted by Crippen LogP contribution is 2.14. The first kappa shape index (κ1) is 11.9. The van der Waals surface area contributed by atoms with Gasteiger partial charge in [0.2, 0.25) is 0 Å². The van der Waals surface area contributed by atoms with Crippen molar-refractivity contribution >= 4 is 0 Å². The number of hydrogen-bond acceptors (Lipinski definition) is 4. The maximum absolute atomic E-state index is 9.06. The van der Waals surface area contributed by atoms with Gasteiger partial charge in [-0.25, -0.2) is 0 Å². The maximum atomic E-state index is 9.06. The Hall–Kier alpha value is -0.160.